The molecule has 1 amide bonds. The maximum Gasteiger partial charge on any atom is 0.331 e. The van der Waals surface area contributed by atoms with E-state index < -0.39 is 5.54 Å². The second-order valence-electron chi connectivity index (χ2n) is 5.51. The first kappa shape index (κ1) is 16.6. The van der Waals surface area contributed by atoms with Gasteiger partial charge in [-0.15, -0.1) is 0 Å². The Labute approximate surface area is 135 Å². The topological polar surface area (TPSA) is 55.4 Å². The molecular weight excluding hydrogens is 302 g/mol. The third-order valence-electron chi connectivity index (χ3n) is 3.94. The predicted octanol–water partition coefficient (Wildman–Crippen LogP) is 3.35. The van der Waals surface area contributed by atoms with Gasteiger partial charge in [-0.3, -0.25) is 4.79 Å². The summed E-state index contributed by atoms with van der Waals surface area (Å²) in [6, 6.07) is 7.16. The van der Waals surface area contributed by atoms with Gasteiger partial charge in [-0.1, -0.05) is 43.0 Å². The molecule has 0 saturated heterocycles. The lowest BCUT2D eigenvalue weighted by molar-refractivity contribution is -0.152. The fourth-order valence-corrected chi connectivity index (χ4v) is 2.88. The Balaban J connectivity index is 2.04. The maximum atomic E-state index is 12.1. The Kier molecular flexibility index (Phi) is 5.61. The minimum atomic E-state index is -0.881. The Morgan fingerprint density at radius 3 is 2.41 bits per heavy atom. The fourth-order valence-electron chi connectivity index (χ4n) is 2.75. The molecule has 2 rings (SSSR count). The summed E-state index contributed by atoms with van der Waals surface area (Å²) in [4.78, 5) is 24.2. The number of hydrogen-bond acceptors (Lipinski definition) is 3. The first-order chi connectivity index (χ1) is 10.6. The molecule has 1 fully saturated rings. The summed E-state index contributed by atoms with van der Waals surface area (Å²) in [5.74, 6) is -0.650. The monoisotopic (exact) mass is 321 g/mol. The van der Waals surface area contributed by atoms with Crippen LogP contribution < -0.4 is 5.32 Å². The zero-order valence-electron chi connectivity index (χ0n) is 12.6. The van der Waals surface area contributed by atoms with Crippen LogP contribution in [0.3, 0.4) is 0 Å². The lowest BCUT2D eigenvalue weighted by Gasteiger charge is -2.34. The van der Waals surface area contributed by atoms with Gasteiger partial charge in [-0.2, -0.15) is 0 Å². The van der Waals surface area contributed by atoms with Crippen molar-refractivity contribution < 1.29 is 14.3 Å². The summed E-state index contributed by atoms with van der Waals surface area (Å²) in [5, 5.41) is 3.49. The molecule has 0 unspecified atom stereocenters. The molecule has 4 nitrogen and oxygen atoms in total. The van der Waals surface area contributed by atoms with Crippen LogP contribution in [0, 0.1) is 0 Å². The van der Waals surface area contributed by atoms with E-state index in [-0.39, 0.29) is 11.9 Å². The molecule has 0 spiro atoms. The van der Waals surface area contributed by atoms with Crippen molar-refractivity contribution >= 4 is 29.6 Å². The lowest BCUT2D eigenvalue weighted by atomic mass is 9.81. The van der Waals surface area contributed by atoms with Gasteiger partial charge >= 0.3 is 5.97 Å². The Bertz CT molecular complexity index is 560. The van der Waals surface area contributed by atoms with Crippen LogP contribution in [-0.4, -0.2) is 24.5 Å². The van der Waals surface area contributed by atoms with Gasteiger partial charge in [0, 0.05) is 11.1 Å². The third-order valence-corrected chi connectivity index (χ3v) is 4.19. The SMILES string of the molecule is COC(=O)C1(NC(=O)C=Cc2ccc(Cl)cc2)CCCCC1. The van der Waals surface area contributed by atoms with Crippen LogP contribution in [0.25, 0.3) is 6.08 Å². The third kappa shape index (κ3) is 4.10. The fraction of sp³-hybridized carbons (Fsp3) is 0.412. The number of methoxy groups -OCH3 is 1. The molecule has 1 aliphatic rings. The van der Waals surface area contributed by atoms with Gasteiger partial charge in [0.25, 0.3) is 0 Å². The number of amides is 1. The van der Waals surface area contributed by atoms with Crippen molar-refractivity contribution in [2.24, 2.45) is 0 Å². The molecule has 1 N–H and O–H groups in total. The molecule has 1 saturated carbocycles. The first-order valence-corrected chi connectivity index (χ1v) is 7.78. The molecule has 118 valence electrons. The van der Waals surface area contributed by atoms with Crippen molar-refractivity contribution in [3.05, 3.63) is 40.9 Å². The first-order valence-electron chi connectivity index (χ1n) is 7.40. The quantitative estimate of drug-likeness (QED) is 0.683. The van der Waals surface area contributed by atoms with E-state index in [1.165, 1.54) is 13.2 Å². The molecule has 0 aliphatic heterocycles. The number of esters is 1. The maximum absolute atomic E-state index is 12.1. The van der Waals surface area contributed by atoms with Crippen molar-refractivity contribution in [2.45, 2.75) is 37.6 Å². The number of ether oxygens (including phenoxy) is 1. The van der Waals surface area contributed by atoms with Crippen LogP contribution in [0.2, 0.25) is 5.02 Å². The highest BCUT2D eigenvalue weighted by Gasteiger charge is 2.41. The van der Waals surface area contributed by atoms with E-state index in [1.54, 1.807) is 18.2 Å². The average molecular weight is 322 g/mol. The van der Waals surface area contributed by atoms with E-state index in [4.69, 9.17) is 16.3 Å². The van der Waals surface area contributed by atoms with Crippen molar-refractivity contribution in [2.75, 3.05) is 7.11 Å². The summed E-state index contributed by atoms with van der Waals surface area (Å²) >= 11 is 5.82. The second kappa shape index (κ2) is 7.45. The summed E-state index contributed by atoms with van der Waals surface area (Å²) in [5.41, 5.74) is -0.00988. The lowest BCUT2D eigenvalue weighted by Crippen LogP contribution is -2.55. The number of halogens is 1. The number of nitrogens with one attached hydrogen (secondary N) is 1. The molecule has 1 aromatic carbocycles. The van der Waals surface area contributed by atoms with Gasteiger partial charge in [0.15, 0.2) is 0 Å². The number of carbonyl (C=O) groups is 2. The molecule has 0 heterocycles. The summed E-state index contributed by atoms with van der Waals surface area (Å²) in [7, 11) is 1.36. The van der Waals surface area contributed by atoms with Crippen molar-refractivity contribution in [1.82, 2.24) is 5.32 Å². The molecule has 1 aromatic rings. The van der Waals surface area contributed by atoms with E-state index in [0.717, 1.165) is 24.8 Å². The van der Waals surface area contributed by atoms with Crippen LogP contribution in [0.1, 0.15) is 37.7 Å². The van der Waals surface area contributed by atoms with Crippen LogP contribution in [0.15, 0.2) is 30.3 Å². The number of carbonyl (C=O) groups excluding carboxylic acids is 2. The van der Waals surface area contributed by atoms with Crippen molar-refractivity contribution in [3.8, 4) is 0 Å². The van der Waals surface area contributed by atoms with Crippen LogP contribution in [0.4, 0.5) is 0 Å². The smallest absolute Gasteiger partial charge is 0.331 e. The van der Waals surface area contributed by atoms with Gasteiger partial charge < -0.3 is 10.1 Å². The zero-order valence-corrected chi connectivity index (χ0v) is 13.4. The zero-order chi connectivity index (χ0) is 16.0. The van der Waals surface area contributed by atoms with Gasteiger partial charge in [-0.05, 0) is 36.6 Å². The highest BCUT2D eigenvalue weighted by molar-refractivity contribution is 6.30. The highest BCUT2D eigenvalue weighted by atomic mass is 35.5. The second-order valence-corrected chi connectivity index (χ2v) is 5.94. The van der Waals surface area contributed by atoms with Gasteiger partial charge in [0.2, 0.25) is 5.91 Å². The molecule has 1 aliphatic carbocycles. The normalized spacial score (nSPS) is 17.2. The van der Waals surface area contributed by atoms with Gasteiger partial charge in [0.1, 0.15) is 5.54 Å². The average Bonchev–Trinajstić information content (AvgIpc) is 2.54. The molecule has 0 atom stereocenters. The highest BCUT2D eigenvalue weighted by Crippen LogP contribution is 2.29. The minimum absolute atomic E-state index is 0.290. The van der Waals surface area contributed by atoms with E-state index in [0.29, 0.717) is 17.9 Å². The minimum Gasteiger partial charge on any atom is -0.467 e. The predicted molar refractivity (Wildman–Crippen MR) is 86.5 cm³/mol. The van der Waals surface area contributed by atoms with Crippen LogP contribution >= 0.6 is 11.6 Å². The Morgan fingerprint density at radius 2 is 1.82 bits per heavy atom. The molecule has 0 radical (unpaired) electrons. The Morgan fingerprint density at radius 1 is 1.18 bits per heavy atom. The largest absolute Gasteiger partial charge is 0.467 e. The van der Waals surface area contributed by atoms with Gasteiger partial charge in [0.05, 0.1) is 7.11 Å². The van der Waals surface area contributed by atoms with Crippen molar-refractivity contribution in [3.63, 3.8) is 0 Å². The summed E-state index contributed by atoms with van der Waals surface area (Å²) in [6.45, 7) is 0. The molecule has 0 bridgehead atoms. The molecule has 22 heavy (non-hydrogen) atoms. The van der Waals surface area contributed by atoms with Crippen LogP contribution in [0.5, 0.6) is 0 Å². The van der Waals surface area contributed by atoms with E-state index >= 15 is 0 Å². The summed E-state index contributed by atoms with van der Waals surface area (Å²) < 4.78 is 4.88. The molecular formula is C17H20ClNO3. The molecule has 5 heteroatoms. The number of benzene rings is 1. The van der Waals surface area contributed by atoms with Gasteiger partial charge in [-0.25, -0.2) is 4.79 Å². The standard InChI is InChI=1S/C17H20ClNO3/c1-22-16(21)17(11-3-2-4-12-17)19-15(20)10-7-13-5-8-14(18)9-6-13/h5-10H,2-4,11-12H2,1H3,(H,19,20). The summed E-state index contributed by atoms with van der Waals surface area (Å²) in [6.07, 6.45) is 7.28. The Hall–Kier alpha value is -1.81. The van der Waals surface area contributed by atoms with E-state index in [9.17, 15) is 9.59 Å². The van der Waals surface area contributed by atoms with Crippen molar-refractivity contribution in [1.29, 1.82) is 0 Å². The van der Waals surface area contributed by atoms with E-state index in [1.807, 2.05) is 12.1 Å². The van der Waals surface area contributed by atoms with Crippen LogP contribution in [-0.2, 0) is 14.3 Å². The number of rotatable bonds is 4. The molecule has 0 aromatic heterocycles. The number of hydrogen-bond donors (Lipinski definition) is 1. The van der Waals surface area contributed by atoms with E-state index in [2.05, 4.69) is 5.32 Å².